The Kier molecular flexibility index (Phi) is 6.01. The van der Waals surface area contributed by atoms with Gasteiger partial charge in [0.2, 0.25) is 0 Å². The van der Waals surface area contributed by atoms with Crippen molar-refractivity contribution in [3.63, 3.8) is 0 Å². The fourth-order valence-electron chi connectivity index (χ4n) is 3.62. The quantitative estimate of drug-likeness (QED) is 0.279. The van der Waals surface area contributed by atoms with Gasteiger partial charge >= 0.3 is 0 Å². The monoisotopic (exact) mass is 456 g/mol. The fourth-order valence-corrected chi connectivity index (χ4v) is 3.62. The molecule has 0 unspecified atom stereocenters. The topological polar surface area (TPSA) is 103 Å². The van der Waals surface area contributed by atoms with E-state index in [0.29, 0.717) is 16.8 Å². The lowest BCUT2D eigenvalue weighted by Crippen LogP contribution is -2.11. The number of benzene rings is 3. The molecule has 0 aliphatic heterocycles. The Balaban J connectivity index is 1.25. The Morgan fingerprint density at radius 1 is 0.771 bits per heavy atom. The van der Waals surface area contributed by atoms with Crippen LogP contribution in [0.4, 0.5) is 28.4 Å². The van der Waals surface area contributed by atoms with Crippen molar-refractivity contribution in [3.8, 4) is 6.07 Å². The van der Waals surface area contributed by atoms with E-state index in [1.807, 2.05) is 72.8 Å². The van der Waals surface area contributed by atoms with E-state index in [9.17, 15) is 10.1 Å². The first-order valence-corrected chi connectivity index (χ1v) is 10.9. The summed E-state index contributed by atoms with van der Waals surface area (Å²) in [5.41, 5.74) is 6.06. The predicted molar refractivity (Wildman–Crippen MR) is 138 cm³/mol. The average molecular weight is 457 g/mol. The predicted octanol–water partition coefficient (Wildman–Crippen LogP) is 6.24. The lowest BCUT2D eigenvalue weighted by Gasteiger charge is -2.11. The van der Waals surface area contributed by atoms with Gasteiger partial charge in [0.25, 0.3) is 5.91 Å². The highest BCUT2D eigenvalue weighted by molar-refractivity contribution is 6.04. The molecule has 0 saturated heterocycles. The van der Waals surface area contributed by atoms with Crippen LogP contribution in [0.2, 0.25) is 0 Å². The van der Waals surface area contributed by atoms with Gasteiger partial charge in [0.15, 0.2) is 0 Å². The van der Waals surface area contributed by atoms with Gasteiger partial charge in [-0.3, -0.25) is 14.8 Å². The van der Waals surface area contributed by atoms with E-state index in [4.69, 9.17) is 0 Å². The number of amides is 1. The van der Waals surface area contributed by atoms with Crippen molar-refractivity contribution in [1.29, 1.82) is 5.26 Å². The number of carbonyl (C=O) groups is 1. The summed E-state index contributed by atoms with van der Waals surface area (Å²) < 4.78 is 0. The third-order valence-corrected chi connectivity index (χ3v) is 5.39. The molecule has 168 valence electrons. The minimum atomic E-state index is -0.195. The SMILES string of the molecule is N#Cc1cnc2cccc(Nc3ccc(C(=O)Nc4ccc(Nc5ccncc5)cc4)cc3)c2c1. The second-order valence-corrected chi connectivity index (χ2v) is 7.80. The number of nitrogens with zero attached hydrogens (tertiary/aromatic N) is 3. The molecular formula is C28H20N6O. The zero-order chi connectivity index (χ0) is 24.0. The lowest BCUT2D eigenvalue weighted by molar-refractivity contribution is 0.102. The van der Waals surface area contributed by atoms with Crippen LogP contribution in [-0.4, -0.2) is 15.9 Å². The third kappa shape index (κ3) is 5.07. The zero-order valence-electron chi connectivity index (χ0n) is 18.6. The fraction of sp³-hybridized carbons (Fsp3) is 0. The van der Waals surface area contributed by atoms with E-state index < -0.39 is 0 Å². The molecule has 0 atom stereocenters. The molecular weight excluding hydrogens is 436 g/mol. The number of nitrogens with one attached hydrogen (secondary N) is 3. The Morgan fingerprint density at radius 3 is 2.17 bits per heavy atom. The van der Waals surface area contributed by atoms with Crippen LogP contribution in [-0.2, 0) is 0 Å². The largest absolute Gasteiger partial charge is 0.355 e. The molecule has 3 aromatic carbocycles. The van der Waals surface area contributed by atoms with Crippen molar-refractivity contribution < 1.29 is 4.79 Å². The Morgan fingerprint density at radius 2 is 1.43 bits per heavy atom. The van der Waals surface area contributed by atoms with Gasteiger partial charge in [0.1, 0.15) is 6.07 Å². The van der Waals surface area contributed by atoms with Crippen LogP contribution in [0.1, 0.15) is 15.9 Å². The van der Waals surface area contributed by atoms with E-state index in [0.717, 1.165) is 33.7 Å². The van der Waals surface area contributed by atoms with Gasteiger partial charge in [-0.1, -0.05) is 6.07 Å². The minimum absolute atomic E-state index is 0.195. The molecule has 0 fully saturated rings. The van der Waals surface area contributed by atoms with E-state index in [2.05, 4.69) is 32.0 Å². The second kappa shape index (κ2) is 9.73. The van der Waals surface area contributed by atoms with Crippen LogP contribution >= 0.6 is 0 Å². The van der Waals surface area contributed by atoms with Gasteiger partial charge in [-0.15, -0.1) is 0 Å². The number of carbonyl (C=O) groups excluding carboxylic acids is 1. The average Bonchev–Trinajstić information content (AvgIpc) is 2.91. The molecule has 0 radical (unpaired) electrons. The van der Waals surface area contributed by atoms with E-state index in [-0.39, 0.29) is 5.91 Å². The smallest absolute Gasteiger partial charge is 0.255 e. The van der Waals surface area contributed by atoms with Crippen LogP contribution in [0.5, 0.6) is 0 Å². The summed E-state index contributed by atoms with van der Waals surface area (Å²) in [6.45, 7) is 0. The van der Waals surface area contributed by atoms with Gasteiger partial charge in [0.05, 0.1) is 11.1 Å². The summed E-state index contributed by atoms with van der Waals surface area (Å²) in [5, 5.41) is 19.6. The zero-order valence-corrected chi connectivity index (χ0v) is 18.6. The summed E-state index contributed by atoms with van der Waals surface area (Å²) in [4.78, 5) is 21.1. The number of hydrogen-bond donors (Lipinski definition) is 3. The molecule has 2 aromatic heterocycles. The molecule has 0 bridgehead atoms. The second-order valence-electron chi connectivity index (χ2n) is 7.80. The number of nitriles is 1. The van der Waals surface area contributed by atoms with Gasteiger partial charge in [-0.05, 0) is 78.9 Å². The van der Waals surface area contributed by atoms with E-state index in [1.165, 1.54) is 0 Å². The maximum atomic E-state index is 12.7. The van der Waals surface area contributed by atoms with Crippen LogP contribution in [0.15, 0.2) is 104 Å². The number of anilines is 5. The van der Waals surface area contributed by atoms with Gasteiger partial charge < -0.3 is 16.0 Å². The molecule has 35 heavy (non-hydrogen) atoms. The van der Waals surface area contributed by atoms with Gasteiger partial charge in [-0.2, -0.15) is 5.26 Å². The van der Waals surface area contributed by atoms with Crippen molar-refractivity contribution in [3.05, 3.63) is 115 Å². The lowest BCUT2D eigenvalue weighted by atomic mass is 10.1. The Hall–Kier alpha value is -5.22. The van der Waals surface area contributed by atoms with Crippen LogP contribution in [0, 0.1) is 11.3 Å². The highest BCUT2D eigenvalue weighted by Crippen LogP contribution is 2.26. The Bertz CT molecular complexity index is 1520. The number of aromatic nitrogens is 2. The van der Waals surface area contributed by atoms with Crippen LogP contribution in [0.25, 0.3) is 10.9 Å². The molecule has 0 saturated carbocycles. The van der Waals surface area contributed by atoms with Gasteiger partial charge in [0, 0.05) is 58.0 Å². The van der Waals surface area contributed by atoms with Crippen molar-refractivity contribution in [2.45, 2.75) is 0 Å². The molecule has 0 aliphatic carbocycles. The maximum Gasteiger partial charge on any atom is 0.255 e. The van der Waals surface area contributed by atoms with E-state index >= 15 is 0 Å². The summed E-state index contributed by atoms with van der Waals surface area (Å²) in [5.74, 6) is -0.195. The highest BCUT2D eigenvalue weighted by atomic mass is 16.1. The van der Waals surface area contributed by atoms with Crippen molar-refractivity contribution in [2.75, 3.05) is 16.0 Å². The molecule has 5 aromatic rings. The number of fused-ring (bicyclic) bond motifs is 1. The minimum Gasteiger partial charge on any atom is -0.355 e. The summed E-state index contributed by atoms with van der Waals surface area (Å²) >= 11 is 0. The molecule has 7 nitrogen and oxygen atoms in total. The summed E-state index contributed by atoms with van der Waals surface area (Å²) in [6.07, 6.45) is 5.01. The van der Waals surface area contributed by atoms with E-state index in [1.54, 1.807) is 30.7 Å². The van der Waals surface area contributed by atoms with Crippen molar-refractivity contribution in [1.82, 2.24) is 9.97 Å². The number of rotatable bonds is 6. The molecule has 0 aliphatic rings. The summed E-state index contributed by atoms with van der Waals surface area (Å²) in [7, 11) is 0. The molecule has 0 spiro atoms. The molecule has 7 heteroatoms. The first kappa shape index (κ1) is 21.6. The highest BCUT2D eigenvalue weighted by Gasteiger charge is 2.08. The molecule has 3 N–H and O–H groups in total. The van der Waals surface area contributed by atoms with Gasteiger partial charge in [-0.25, -0.2) is 0 Å². The molecule has 2 heterocycles. The van der Waals surface area contributed by atoms with Crippen molar-refractivity contribution >= 4 is 45.2 Å². The Labute approximate surface area is 202 Å². The molecule has 5 rings (SSSR count). The normalized spacial score (nSPS) is 10.4. The first-order chi connectivity index (χ1) is 17.2. The third-order valence-electron chi connectivity index (χ3n) is 5.39. The van der Waals surface area contributed by atoms with Crippen molar-refractivity contribution in [2.24, 2.45) is 0 Å². The molecule has 1 amide bonds. The van der Waals surface area contributed by atoms with Crippen LogP contribution < -0.4 is 16.0 Å². The summed E-state index contributed by atoms with van der Waals surface area (Å²) in [6, 6.07) is 28.2. The van der Waals surface area contributed by atoms with Crippen LogP contribution in [0.3, 0.4) is 0 Å². The number of pyridine rings is 2. The maximum absolute atomic E-state index is 12.7. The first-order valence-electron chi connectivity index (χ1n) is 10.9. The standard InChI is InChI=1S/C28H20N6O/c29-17-19-16-25-26(31-18-19)2-1-3-27(25)33-22-6-4-20(5-7-22)28(35)34-23-10-8-21(9-11-23)32-24-12-14-30-15-13-24/h1-16,18,33H,(H,30,32)(H,34,35). The number of hydrogen-bond acceptors (Lipinski definition) is 6.